The second-order valence-corrected chi connectivity index (χ2v) is 4.28. The number of nitrogens with one attached hydrogen (secondary N) is 1. The molecule has 0 aromatic carbocycles. The summed E-state index contributed by atoms with van der Waals surface area (Å²) in [5.74, 6) is 0.587. The number of amidine groups is 1. The van der Waals surface area contributed by atoms with Crippen molar-refractivity contribution in [1.29, 1.82) is 0 Å². The fourth-order valence-corrected chi connectivity index (χ4v) is 0.923. The van der Waals surface area contributed by atoms with Gasteiger partial charge in [0.25, 0.3) is 0 Å². The van der Waals surface area contributed by atoms with Crippen LogP contribution in [0, 0.1) is 5.41 Å². The Morgan fingerprint density at radius 1 is 1.42 bits per heavy atom. The lowest BCUT2D eigenvalue weighted by Gasteiger charge is -2.16. The van der Waals surface area contributed by atoms with Gasteiger partial charge in [-0.15, -0.1) is 0 Å². The standard InChI is InChI=1S/C9H19N3/c1-8(12-10)11-7-5-6-9(2,3)4/h11H,5-7H2,1-4H3. The molecule has 0 aromatic rings. The van der Waals surface area contributed by atoms with Crippen LogP contribution in [0.4, 0.5) is 0 Å². The van der Waals surface area contributed by atoms with Gasteiger partial charge in [-0.25, -0.2) is 0 Å². The van der Waals surface area contributed by atoms with Crippen molar-refractivity contribution >= 4 is 5.84 Å². The monoisotopic (exact) mass is 169 g/mol. The Morgan fingerprint density at radius 2 is 2.00 bits per heavy atom. The number of nitrogens with zero attached hydrogens (tertiary/aromatic N) is 2. The van der Waals surface area contributed by atoms with Crippen LogP contribution >= 0.6 is 0 Å². The van der Waals surface area contributed by atoms with E-state index in [9.17, 15) is 0 Å². The molecular formula is C9H19N3. The lowest BCUT2D eigenvalue weighted by atomic mass is 9.91. The second-order valence-electron chi connectivity index (χ2n) is 4.28. The van der Waals surface area contributed by atoms with Crippen molar-refractivity contribution in [1.82, 2.24) is 5.32 Å². The maximum atomic E-state index is 8.32. The number of hydrogen-bond acceptors (Lipinski definition) is 0. The molecule has 0 fully saturated rings. The van der Waals surface area contributed by atoms with Crippen LogP contribution in [-0.4, -0.2) is 17.2 Å². The number of rotatable bonds is 3. The highest BCUT2D eigenvalue weighted by Gasteiger charge is 2.09. The minimum absolute atomic E-state index is 0.395. The lowest BCUT2D eigenvalue weighted by Crippen LogP contribution is -2.23. The van der Waals surface area contributed by atoms with Crippen LogP contribution < -0.4 is 5.32 Å². The Balaban J connectivity index is 3.40. The zero-order valence-corrected chi connectivity index (χ0v) is 8.52. The summed E-state index contributed by atoms with van der Waals surface area (Å²) >= 11 is 0. The third-order valence-electron chi connectivity index (χ3n) is 1.63. The molecule has 0 radical (unpaired) electrons. The van der Waals surface area contributed by atoms with Gasteiger partial charge in [-0.3, -0.25) is 5.32 Å². The molecule has 0 heterocycles. The van der Waals surface area contributed by atoms with Gasteiger partial charge in [-0.05, 0) is 18.3 Å². The smallest absolute Gasteiger partial charge is 0.323 e. The lowest BCUT2D eigenvalue weighted by molar-refractivity contribution is -0.0112. The van der Waals surface area contributed by atoms with Gasteiger partial charge in [0.15, 0.2) is 0 Å². The van der Waals surface area contributed by atoms with Gasteiger partial charge in [0.05, 0.1) is 13.5 Å². The van der Waals surface area contributed by atoms with Gasteiger partial charge >= 0.3 is 5.84 Å². The second kappa shape index (κ2) is 4.94. The average molecular weight is 169 g/mol. The largest absolute Gasteiger partial charge is 0.498 e. The highest BCUT2D eigenvalue weighted by Crippen LogP contribution is 2.19. The van der Waals surface area contributed by atoms with E-state index in [1.165, 1.54) is 6.42 Å². The molecule has 0 spiro atoms. The summed E-state index contributed by atoms with van der Waals surface area (Å²) in [5, 5.41) is 3.00. The van der Waals surface area contributed by atoms with E-state index in [1.54, 1.807) is 6.92 Å². The fraction of sp³-hybridized carbons (Fsp3) is 0.889. The summed E-state index contributed by atoms with van der Waals surface area (Å²) in [6.07, 6.45) is 2.29. The van der Waals surface area contributed by atoms with Crippen molar-refractivity contribution < 1.29 is 4.79 Å². The van der Waals surface area contributed by atoms with Crippen LogP contribution in [0.15, 0.2) is 0 Å². The van der Waals surface area contributed by atoms with E-state index in [1.807, 2.05) is 0 Å². The van der Waals surface area contributed by atoms with Gasteiger partial charge in [0.1, 0.15) is 0 Å². The van der Waals surface area contributed by atoms with Crippen molar-refractivity contribution in [2.75, 3.05) is 6.54 Å². The molecular weight excluding hydrogens is 150 g/mol. The van der Waals surface area contributed by atoms with Crippen LogP contribution in [0.3, 0.4) is 0 Å². The number of hydrogen-bond donors (Lipinski definition) is 1. The summed E-state index contributed by atoms with van der Waals surface area (Å²) in [4.78, 5) is 3.03. The molecule has 3 heteroatoms. The van der Waals surface area contributed by atoms with Crippen molar-refractivity contribution in [3.63, 3.8) is 0 Å². The Bertz CT molecular complexity index is 173. The van der Waals surface area contributed by atoms with E-state index in [0.717, 1.165) is 13.0 Å². The van der Waals surface area contributed by atoms with Gasteiger partial charge in [-0.1, -0.05) is 20.8 Å². The SMILES string of the molecule is CC(=[N+]=[N-])NCCCC(C)(C)C. The summed E-state index contributed by atoms with van der Waals surface area (Å²) < 4.78 is 0. The topological polar surface area (TPSA) is 48.4 Å². The zero-order valence-electron chi connectivity index (χ0n) is 8.52. The van der Waals surface area contributed by atoms with E-state index in [-0.39, 0.29) is 0 Å². The zero-order chi connectivity index (χ0) is 9.61. The fourth-order valence-electron chi connectivity index (χ4n) is 0.923. The molecule has 0 aliphatic heterocycles. The molecule has 0 saturated heterocycles. The minimum Gasteiger partial charge on any atom is -0.498 e. The summed E-state index contributed by atoms with van der Waals surface area (Å²) in [7, 11) is 0. The van der Waals surface area contributed by atoms with Crippen LogP contribution in [-0.2, 0) is 0 Å². The maximum Gasteiger partial charge on any atom is 0.323 e. The normalized spacial score (nSPS) is 10.7. The Hall–Kier alpha value is -0.820. The first-order valence-corrected chi connectivity index (χ1v) is 4.38. The maximum absolute atomic E-state index is 8.32. The van der Waals surface area contributed by atoms with Crippen molar-refractivity contribution in [3.05, 3.63) is 5.53 Å². The molecule has 0 atom stereocenters. The molecule has 0 aromatic heterocycles. The first-order valence-electron chi connectivity index (χ1n) is 4.38. The van der Waals surface area contributed by atoms with Crippen LogP contribution in [0.5, 0.6) is 0 Å². The van der Waals surface area contributed by atoms with Crippen LogP contribution in [0.2, 0.25) is 0 Å². The van der Waals surface area contributed by atoms with Gasteiger partial charge in [-0.2, -0.15) is 0 Å². The third-order valence-corrected chi connectivity index (χ3v) is 1.63. The van der Waals surface area contributed by atoms with E-state index in [2.05, 4.69) is 30.9 Å². The Morgan fingerprint density at radius 3 is 2.42 bits per heavy atom. The van der Waals surface area contributed by atoms with E-state index >= 15 is 0 Å². The van der Waals surface area contributed by atoms with Crippen LogP contribution in [0.1, 0.15) is 40.5 Å². The summed E-state index contributed by atoms with van der Waals surface area (Å²) in [5.41, 5.74) is 8.71. The average Bonchev–Trinajstić information content (AvgIpc) is 1.96. The van der Waals surface area contributed by atoms with Gasteiger partial charge in [0, 0.05) is 0 Å². The highest BCUT2D eigenvalue weighted by molar-refractivity contribution is 5.73. The summed E-state index contributed by atoms with van der Waals surface area (Å²) in [6.45, 7) is 9.30. The molecule has 0 unspecified atom stereocenters. The van der Waals surface area contributed by atoms with E-state index in [0.29, 0.717) is 11.3 Å². The van der Waals surface area contributed by atoms with Crippen molar-refractivity contribution in [2.24, 2.45) is 5.41 Å². The summed E-state index contributed by atoms with van der Waals surface area (Å²) in [6, 6.07) is 0. The van der Waals surface area contributed by atoms with Gasteiger partial charge < -0.3 is 10.3 Å². The molecule has 1 N–H and O–H groups in total. The van der Waals surface area contributed by atoms with E-state index < -0.39 is 0 Å². The first-order chi connectivity index (χ1) is 5.45. The molecule has 0 aliphatic carbocycles. The molecule has 0 saturated carbocycles. The predicted octanol–water partition coefficient (Wildman–Crippen LogP) is 2.05. The first kappa shape index (κ1) is 11.2. The molecule has 0 aliphatic rings. The van der Waals surface area contributed by atoms with Crippen LogP contribution in [0.25, 0.3) is 5.53 Å². The van der Waals surface area contributed by atoms with Crippen molar-refractivity contribution in [2.45, 2.75) is 40.5 Å². The quantitative estimate of drug-likeness (QED) is 0.227. The Labute approximate surface area is 74.8 Å². The molecule has 0 bridgehead atoms. The highest BCUT2D eigenvalue weighted by atomic mass is 15.0. The third kappa shape index (κ3) is 7.29. The van der Waals surface area contributed by atoms with Crippen molar-refractivity contribution in [3.8, 4) is 0 Å². The minimum atomic E-state index is 0.395. The van der Waals surface area contributed by atoms with Gasteiger partial charge in [0.2, 0.25) is 0 Å². The predicted molar refractivity (Wildman–Crippen MR) is 51.0 cm³/mol. The molecule has 3 nitrogen and oxygen atoms in total. The molecule has 0 amide bonds. The molecule has 70 valence electrons. The Kier molecular flexibility index (Phi) is 4.60. The molecule has 0 rings (SSSR count). The molecule has 12 heavy (non-hydrogen) atoms. The van der Waals surface area contributed by atoms with E-state index in [4.69, 9.17) is 5.53 Å².